The van der Waals surface area contributed by atoms with E-state index in [4.69, 9.17) is 11.6 Å². The molecule has 0 heterocycles. The Morgan fingerprint density at radius 2 is 1.62 bits per heavy atom. The van der Waals surface area contributed by atoms with Crippen molar-refractivity contribution in [3.05, 3.63) is 70.7 Å². The van der Waals surface area contributed by atoms with Gasteiger partial charge in [0.2, 0.25) is 5.91 Å². The van der Waals surface area contributed by atoms with Gasteiger partial charge < -0.3 is 10.6 Å². The number of hydrogen-bond acceptors (Lipinski definition) is 2. The quantitative estimate of drug-likeness (QED) is 0.785. The number of rotatable bonds is 7. The van der Waals surface area contributed by atoms with Crippen LogP contribution >= 0.6 is 11.6 Å². The van der Waals surface area contributed by atoms with Crippen LogP contribution in [0.2, 0.25) is 5.02 Å². The molecule has 0 aliphatic heterocycles. The van der Waals surface area contributed by atoms with E-state index in [0.29, 0.717) is 5.02 Å². The van der Waals surface area contributed by atoms with Crippen molar-refractivity contribution in [1.82, 2.24) is 10.6 Å². The van der Waals surface area contributed by atoms with E-state index in [9.17, 15) is 4.79 Å². The Hall–Kier alpha value is -1.84. The van der Waals surface area contributed by atoms with E-state index < -0.39 is 0 Å². The molecule has 4 heteroatoms. The molecule has 0 radical (unpaired) electrons. The minimum Gasteiger partial charge on any atom is -0.344 e. The van der Waals surface area contributed by atoms with Crippen molar-refractivity contribution in [1.29, 1.82) is 0 Å². The summed E-state index contributed by atoms with van der Waals surface area (Å²) in [6.07, 6.45) is 0.958. The van der Waals surface area contributed by atoms with E-state index in [0.717, 1.165) is 17.5 Å². The highest BCUT2D eigenvalue weighted by molar-refractivity contribution is 6.30. The Balaban J connectivity index is 2.15. The lowest BCUT2D eigenvalue weighted by Gasteiger charge is -2.25. The lowest BCUT2D eigenvalue weighted by atomic mass is 9.98. The first kappa shape index (κ1) is 18.5. The normalized spacial score (nSPS) is 12.7. The summed E-state index contributed by atoms with van der Waals surface area (Å²) < 4.78 is 0. The van der Waals surface area contributed by atoms with Crippen LogP contribution in [-0.4, -0.2) is 18.0 Å². The van der Waals surface area contributed by atoms with Gasteiger partial charge in [0.1, 0.15) is 0 Å². The molecule has 1 atom stereocenters. The molecule has 2 rings (SSSR count). The molecule has 0 fully saturated rings. The number of amides is 1. The third-order valence-electron chi connectivity index (χ3n) is 4.25. The average Bonchev–Trinajstić information content (AvgIpc) is 2.60. The van der Waals surface area contributed by atoms with Gasteiger partial charge in [-0.15, -0.1) is 0 Å². The highest BCUT2D eigenvalue weighted by Crippen LogP contribution is 2.23. The van der Waals surface area contributed by atoms with E-state index >= 15 is 0 Å². The fraction of sp³-hybridized carbons (Fsp3) is 0.350. The van der Waals surface area contributed by atoms with Crippen LogP contribution in [0.25, 0.3) is 0 Å². The van der Waals surface area contributed by atoms with Crippen LogP contribution in [-0.2, 0) is 4.79 Å². The predicted molar refractivity (Wildman–Crippen MR) is 100 cm³/mol. The van der Waals surface area contributed by atoms with E-state index in [1.54, 1.807) is 0 Å². The lowest BCUT2D eigenvalue weighted by Crippen LogP contribution is -2.45. The van der Waals surface area contributed by atoms with Gasteiger partial charge in [0.05, 0.1) is 12.6 Å². The zero-order valence-corrected chi connectivity index (χ0v) is 15.2. The van der Waals surface area contributed by atoms with E-state index in [1.165, 1.54) is 0 Å². The molecule has 0 aromatic heterocycles. The number of benzene rings is 2. The molecular formula is C20H25ClN2O. The van der Waals surface area contributed by atoms with Crippen LogP contribution in [0, 0.1) is 0 Å². The maximum atomic E-state index is 12.4. The zero-order chi connectivity index (χ0) is 17.6. The summed E-state index contributed by atoms with van der Waals surface area (Å²) in [5, 5.41) is 7.10. The van der Waals surface area contributed by atoms with Crippen molar-refractivity contribution >= 4 is 17.5 Å². The minimum atomic E-state index is -0.192. The standard InChI is InChI=1S/C20H25ClN2O/c1-4-20(2,3)22-14-18(24)23-19(15-8-6-5-7-9-15)16-10-12-17(21)13-11-16/h5-13,19,22H,4,14H2,1-3H3,(H,23,24). The van der Waals surface area contributed by atoms with E-state index in [2.05, 4.69) is 31.4 Å². The number of hydrogen-bond donors (Lipinski definition) is 2. The van der Waals surface area contributed by atoms with Crippen molar-refractivity contribution in [3.8, 4) is 0 Å². The van der Waals surface area contributed by atoms with Crippen molar-refractivity contribution in [3.63, 3.8) is 0 Å². The molecule has 2 aromatic rings. The molecule has 0 bridgehead atoms. The first-order valence-corrected chi connectivity index (χ1v) is 8.64. The van der Waals surface area contributed by atoms with Gasteiger partial charge in [-0.05, 0) is 43.5 Å². The number of nitrogens with one attached hydrogen (secondary N) is 2. The first-order chi connectivity index (χ1) is 11.4. The monoisotopic (exact) mass is 344 g/mol. The Bertz CT molecular complexity index is 653. The molecule has 0 spiro atoms. The molecule has 3 nitrogen and oxygen atoms in total. The highest BCUT2D eigenvalue weighted by Gasteiger charge is 2.19. The molecule has 0 saturated heterocycles. The van der Waals surface area contributed by atoms with Gasteiger partial charge in [0, 0.05) is 10.6 Å². The number of carbonyl (C=O) groups is 1. The molecular weight excluding hydrogens is 320 g/mol. The van der Waals surface area contributed by atoms with Crippen molar-refractivity contribution < 1.29 is 4.79 Å². The molecule has 1 unspecified atom stereocenters. The SMILES string of the molecule is CCC(C)(C)NCC(=O)NC(c1ccccc1)c1ccc(Cl)cc1. The lowest BCUT2D eigenvalue weighted by molar-refractivity contribution is -0.121. The summed E-state index contributed by atoms with van der Waals surface area (Å²) in [5.74, 6) is -0.0275. The summed E-state index contributed by atoms with van der Waals surface area (Å²) >= 11 is 5.99. The molecule has 128 valence electrons. The Morgan fingerprint density at radius 3 is 2.21 bits per heavy atom. The second kappa shape index (κ2) is 8.32. The van der Waals surface area contributed by atoms with Crippen molar-refractivity contribution in [2.24, 2.45) is 0 Å². The summed E-state index contributed by atoms with van der Waals surface area (Å²) in [6.45, 7) is 6.57. The van der Waals surface area contributed by atoms with Gasteiger partial charge in [0.15, 0.2) is 0 Å². The Labute approximate surface area is 149 Å². The minimum absolute atomic E-state index is 0.0275. The fourth-order valence-electron chi connectivity index (χ4n) is 2.32. The zero-order valence-electron chi connectivity index (χ0n) is 14.5. The van der Waals surface area contributed by atoms with Gasteiger partial charge in [-0.1, -0.05) is 61.0 Å². The van der Waals surface area contributed by atoms with E-state index in [-0.39, 0.29) is 24.0 Å². The molecule has 0 aliphatic rings. The topological polar surface area (TPSA) is 41.1 Å². The molecule has 1 amide bonds. The smallest absolute Gasteiger partial charge is 0.234 e. The molecule has 0 aliphatic carbocycles. The molecule has 24 heavy (non-hydrogen) atoms. The Morgan fingerprint density at radius 1 is 1.04 bits per heavy atom. The second-order valence-corrected chi connectivity index (χ2v) is 6.99. The van der Waals surface area contributed by atoms with Crippen molar-refractivity contribution in [2.45, 2.75) is 38.8 Å². The van der Waals surface area contributed by atoms with Gasteiger partial charge in [-0.3, -0.25) is 4.79 Å². The third kappa shape index (κ3) is 5.36. The summed E-state index contributed by atoms with van der Waals surface area (Å²) in [5.41, 5.74) is 2.00. The van der Waals surface area contributed by atoms with Gasteiger partial charge in [-0.2, -0.15) is 0 Å². The highest BCUT2D eigenvalue weighted by atomic mass is 35.5. The molecule has 2 N–H and O–H groups in total. The Kier molecular flexibility index (Phi) is 6.41. The molecule has 0 saturated carbocycles. The van der Waals surface area contributed by atoms with Crippen LogP contribution < -0.4 is 10.6 Å². The van der Waals surface area contributed by atoms with Gasteiger partial charge in [-0.25, -0.2) is 0 Å². The fourth-order valence-corrected chi connectivity index (χ4v) is 2.44. The number of carbonyl (C=O) groups excluding carboxylic acids is 1. The summed E-state index contributed by atoms with van der Waals surface area (Å²) in [6, 6.07) is 17.3. The van der Waals surface area contributed by atoms with Crippen LogP contribution in [0.15, 0.2) is 54.6 Å². The summed E-state index contributed by atoms with van der Waals surface area (Å²) in [4.78, 5) is 12.4. The second-order valence-electron chi connectivity index (χ2n) is 6.55. The third-order valence-corrected chi connectivity index (χ3v) is 4.50. The van der Waals surface area contributed by atoms with Crippen LogP contribution in [0.3, 0.4) is 0 Å². The summed E-state index contributed by atoms with van der Waals surface area (Å²) in [7, 11) is 0. The first-order valence-electron chi connectivity index (χ1n) is 8.26. The van der Waals surface area contributed by atoms with Gasteiger partial charge in [0.25, 0.3) is 0 Å². The molecule has 2 aromatic carbocycles. The van der Waals surface area contributed by atoms with E-state index in [1.807, 2.05) is 54.6 Å². The van der Waals surface area contributed by atoms with Crippen LogP contribution in [0.1, 0.15) is 44.4 Å². The average molecular weight is 345 g/mol. The number of halogens is 1. The van der Waals surface area contributed by atoms with Crippen LogP contribution in [0.4, 0.5) is 0 Å². The largest absolute Gasteiger partial charge is 0.344 e. The van der Waals surface area contributed by atoms with Gasteiger partial charge >= 0.3 is 0 Å². The maximum absolute atomic E-state index is 12.4. The van der Waals surface area contributed by atoms with Crippen LogP contribution in [0.5, 0.6) is 0 Å². The predicted octanol–water partition coefficient (Wildman–Crippen LogP) is 4.32. The van der Waals surface area contributed by atoms with Crippen molar-refractivity contribution in [2.75, 3.05) is 6.54 Å². The maximum Gasteiger partial charge on any atom is 0.234 e.